The molecule has 1 atom stereocenters. The molecule has 2 aliphatic heterocycles. The van der Waals surface area contributed by atoms with E-state index in [0.29, 0.717) is 24.5 Å². The number of amides is 1. The van der Waals surface area contributed by atoms with E-state index in [1.165, 1.54) is 0 Å². The number of nitrogens with one attached hydrogen (secondary N) is 1. The molecule has 0 unspecified atom stereocenters. The fraction of sp³-hybridized carbons (Fsp3) is 0.412. The minimum Gasteiger partial charge on any atom is -0.454 e. The summed E-state index contributed by atoms with van der Waals surface area (Å²) < 4.78 is 17.8. The van der Waals surface area contributed by atoms with E-state index in [1.54, 1.807) is 10.9 Å². The van der Waals surface area contributed by atoms with Gasteiger partial charge in [-0.3, -0.25) is 9.48 Å². The van der Waals surface area contributed by atoms with Gasteiger partial charge in [-0.25, -0.2) is 0 Å². The van der Waals surface area contributed by atoms with E-state index in [1.807, 2.05) is 25.2 Å². The van der Waals surface area contributed by atoms with Crippen LogP contribution in [-0.4, -0.2) is 35.7 Å². The van der Waals surface area contributed by atoms with Gasteiger partial charge in [-0.05, 0) is 24.1 Å². The minimum atomic E-state index is -0.123. The molecule has 2 aliphatic rings. The Bertz CT molecular complexity index is 765. The van der Waals surface area contributed by atoms with Crippen molar-refractivity contribution >= 4 is 5.91 Å². The molecular weight excluding hydrogens is 310 g/mol. The number of aryl methyl sites for hydroxylation is 1. The molecule has 24 heavy (non-hydrogen) atoms. The monoisotopic (exact) mass is 329 g/mol. The molecule has 1 aromatic heterocycles. The van der Waals surface area contributed by atoms with Crippen LogP contribution in [0.4, 0.5) is 0 Å². The van der Waals surface area contributed by atoms with Gasteiger partial charge in [0.15, 0.2) is 11.5 Å². The number of fused-ring (bicyclic) bond motifs is 1. The van der Waals surface area contributed by atoms with Crippen molar-refractivity contribution in [3.05, 3.63) is 41.2 Å². The zero-order valence-electron chi connectivity index (χ0n) is 13.4. The summed E-state index contributed by atoms with van der Waals surface area (Å²) in [4.78, 5) is 12.6. The van der Waals surface area contributed by atoms with Crippen LogP contribution >= 0.6 is 0 Å². The number of carbonyl (C=O) groups is 1. The first-order chi connectivity index (χ1) is 11.7. The highest BCUT2D eigenvalue weighted by molar-refractivity contribution is 5.95. The van der Waals surface area contributed by atoms with Gasteiger partial charge in [-0.15, -0.1) is 0 Å². The van der Waals surface area contributed by atoms with E-state index in [2.05, 4.69) is 10.4 Å². The van der Waals surface area contributed by atoms with Gasteiger partial charge in [-0.2, -0.15) is 5.10 Å². The number of ether oxygens (including phenoxy) is 3. The Morgan fingerprint density at radius 1 is 1.38 bits per heavy atom. The summed E-state index contributed by atoms with van der Waals surface area (Å²) in [5.41, 5.74) is 2.40. The fourth-order valence-corrected chi connectivity index (χ4v) is 3.06. The predicted molar refractivity (Wildman–Crippen MR) is 85.1 cm³/mol. The lowest BCUT2D eigenvalue weighted by molar-refractivity contribution is 0.0949. The topological polar surface area (TPSA) is 74.6 Å². The second kappa shape index (κ2) is 6.16. The van der Waals surface area contributed by atoms with E-state index < -0.39 is 0 Å². The first-order valence-electron chi connectivity index (χ1n) is 7.99. The molecule has 0 spiro atoms. The van der Waals surface area contributed by atoms with Crippen molar-refractivity contribution in [2.45, 2.75) is 18.9 Å². The third-order valence-corrected chi connectivity index (χ3v) is 4.31. The van der Waals surface area contributed by atoms with Crippen LogP contribution in [0.5, 0.6) is 11.5 Å². The molecule has 1 amide bonds. The highest BCUT2D eigenvalue weighted by atomic mass is 16.7. The lowest BCUT2D eigenvalue weighted by Crippen LogP contribution is -2.24. The second-order valence-electron chi connectivity index (χ2n) is 6.03. The molecule has 1 fully saturated rings. The van der Waals surface area contributed by atoms with Gasteiger partial charge < -0.3 is 19.5 Å². The van der Waals surface area contributed by atoms with Crippen LogP contribution in [0.1, 0.15) is 34.0 Å². The number of aromatic nitrogens is 2. The first kappa shape index (κ1) is 15.0. The van der Waals surface area contributed by atoms with Gasteiger partial charge in [-0.1, -0.05) is 6.07 Å². The van der Waals surface area contributed by atoms with E-state index in [4.69, 9.17) is 14.2 Å². The van der Waals surface area contributed by atoms with Crippen molar-refractivity contribution in [2.24, 2.45) is 7.05 Å². The lowest BCUT2D eigenvalue weighted by Gasteiger charge is -2.09. The van der Waals surface area contributed by atoms with Crippen LogP contribution < -0.4 is 14.8 Å². The van der Waals surface area contributed by atoms with Crippen molar-refractivity contribution in [3.63, 3.8) is 0 Å². The van der Waals surface area contributed by atoms with Gasteiger partial charge in [0, 0.05) is 32.3 Å². The summed E-state index contributed by atoms with van der Waals surface area (Å²) in [6.45, 7) is 2.01. The van der Waals surface area contributed by atoms with E-state index in [-0.39, 0.29) is 18.6 Å². The molecule has 4 rings (SSSR count). The van der Waals surface area contributed by atoms with Crippen molar-refractivity contribution in [1.82, 2.24) is 15.1 Å². The zero-order chi connectivity index (χ0) is 16.5. The van der Waals surface area contributed by atoms with Crippen molar-refractivity contribution in [1.29, 1.82) is 0 Å². The summed E-state index contributed by atoms with van der Waals surface area (Å²) in [7, 11) is 1.83. The van der Waals surface area contributed by atoms with Crippen LogP contribution in [0.25, 0.3) is 0 Å². The van der Waals surface area contributed by atoms with Crippen LogP contribution in [0.3, 0.4) is 0 Å². The molecule has 126 valence electrons. The SMILES string of the molecule is Cn1cc(C(=O)NCc2ccc3c(c2)OCO3)c([C@H]2CCOC2)n1. The summed E-state index contributed by atoms with van der Waals surface area (Å²) in [5.74, 6) is 1.52. The van der Waals surface area contributed by atoms with Crippen molar-refractivity contribution < 1.29 is 19.0 Å². The van der Waals surface area contributed by atoms with Gasteiger partial charge in [0.1, 0.15) is 0 Å². The normalized spacial score (nSPS) is 18.8. The largest absolute Gasteiger partial charge is 0.454 e. The van der Waals surface area contributed by atoms with Crippen molar-refractivity contribution in [2.75, 3.05) is 20.0 Å². The van der Waals surface area contributed by atoms with Crippen LogP contribution in [0, 0.1) is 0 Å². The highest BCUT2D eigenvalue weighted by Crippen LogP contribution is 2.32. The molecule has 3 heterocycles. The quantitative estimate of drug-likeness (QED) is 0.922. The maximum Gasteiger partial charge on any atom is 0.255 e. The number of hydrogen-bond acceptors (Lipinski definition) is 5. The Kier molecular flexibility index (Phi) is 3.86. The van der Waals surface area contributed by atoms with E-state index >= 15 is 0 Å². The molecular formula is C17H19N3O4. The average molecular weight is 329 g/mol. The van der Waals surface area contributed by atoms with Crippen LogP contribution in [0.15, 0.2) is 24.4 Å². The van der Waals surface area contributed by atoms with Gasteiger partial charge in [0.05, 0.1) is 17.9 Å². The molecule has 1 N–H and O–H groups in total. The van der Waals surface area contributed by atoms with Gasteiger partial charge in [0.25, 0.3) is 5.91 Å². The van der Waals surface area contributed by atoms with Crippen LogP contribution in [-0.2, 0) is 18.3 Å². The Morgan fingerprint density at radius 3 is 3.08 bits per heavy atom. The molecule has 0 radical (unpaired) electrons. The lowest BCUT2D eigenvalue weighted by atomic mass is 10.0. The Labute approximate surface area is 139 Å². The Morgan fingerprint density at radius 2 is 2.25 bits per heavy atom. The molecule has 2 aromatic rings. The van der Waals surface area contributed by atoms with Gasteiger partial charge >= 0.3 is 0 Å². The summed E-state index contributed by atoms with van der Waals surface area (Å²) in [5, 5.41) is 7.41. The zero-order valence-corrected chi connectivity index (χ0v) is 13.4. The molecule has 0 saturated carbocycles. The number of benzene rings is 1. The summed E-state index contributed by atoms with van der Waals surface area (Å²) in [6.07, 6.45) is 2.67. The molecule has 0 bridgehead atoms. The molecule has 7 heteroatoms. The average Bonchev–Trinajstić information content (AvgIpc) is 3.31. The molecule has 0 aliphatic carbocycles. The van der Waals surface area contributed by atoms with Gasteiger partial charge in [0.2, 0.25) is 6.79 Å². The highest BCUT2D eigenvalue weighted by Gasteiger charge is 2.26. The number of rotatable bonds is 4. The van der Waals surface area contributed by atoms with E-state index in [9.17, 15) is 4.79 Å². The third kappa shape index (κ3) is 2.82. The molecule has 1 aromatic carbocycles. The Hall–Kier alpha value is -2.54. The fourth-order valence-electron chi connectivity index (χ4n) is 3.06. The van der Waals surface area contributed by atoms with Crippen molar-refractivity contribution in [3.8, 4) is 11.5 Å². The summed E-state index contributed by atoms with van der Waals surface area (Å²) >= 11 is 0. The molecule has 7 nitrogen and oxygen atoms in total. The number of hydrogen-bond donors (Lipinski definition) is 1. The van der Waals surface area contributed by atoms with E-state index in [0.717, 1.165) is 30.0 Å². The predicted octanol–water partition coefficient (Wildman–Crippen LogP) is 1.58. The third-order valence-electron chi connectivity index (χ3n) is 4.31. The molecule has 1 saturated heterocycles. The first-order valence-corrected chi connectivity index (χ1v) is 7.99. The maximum atomic E-state index is 12.6. The second-order valence-corrected chi connectivity index (χ2v) is 6.03. The minimum absolute atomic E-state index is 0.123. The van der Waals surface area contributed by atoms with Crippen LogP contribution in [0.2, 0.25) is 0 Å². The summed E-state index contributed by atoms with van der Waals surface area (Å²) in [6, 6.07) is 5.66. The number of nitrogens with zero attached hydrogens (tertiary/aromatic N) is 2. The standard InChI is InChI=1S/C17H19N3O4/c1-20-8-13(16(19-20)12-4-5-22-9-12)17(21)18-7-11-2-3-14-15(6-11)24-10-23-14/h2-3,6,8,12H,4-5,7,9-10H2,1H3,(H,18,21)/t12-/m0/s1. The number of carbonyl (C=O) groups excluding carboxylic acids is 1. The smallest absolute Gasteiger partial charge is 0.255 e. The maximum absolute atomic E-state index is 12.6. The Balaban J connectivity index is 1.46.